The molecule has 0 spiro atoms. The summed E-state index contributed by atoms with van der Waals surface area (Å²) >= 11 is 0. The van der Waals surface area contributed by atoms with Gasteiger partial charge in [-0.3, -0.25) is 9.48 Å². The monoisotopic (exact) mass is 285 g/mol. The average Bonchev–Trinajstić information content (AvgIpc) is 3.12. The van der Waals surface area contributed by atoms with Crippen LogP contribution >= 0.6 is 0 Å². The molecule has 7 heteroatoms. The highest BCUT2D eigenvalue weighted by Gasteiger charge is 2.36. The van der Waals surface area contributed by atoms with Crippen molar-refractivity contribution in [1.82, 2.24) is 14.3 Å². The number of fused-ring (bicyclic) bond motifs is 1. The van der Waals surface area contributed by atoms with E-state index in [0.717, 1.165) is 18.9 Å². The number of pyridine rings is 1. The van der Waals surface area contributed by atoms with Crippen LogP contribution < -0.4 is 5.56 Å². The van der Waals surface area contributed by atoms with Crippen LogP contribution in [0.3, 0.4) is 0 Å². The number of aromatic nitrogens is 3. The second-order valence-corrected chi connectivity index (χ2v) is 5.36. The zero-order valence-corrected chi connectivity index (χ0v) is 11.2. The standard InChI is InChI=1S/C13H14F3N3O/c1-7-5-9(13(14,15)16)10-11(17-7)18(2)19(12(10)20)6-8-3-4-8/h5,8H,3-4,6H2,1-2H3. The maximum absolute atomic E-state index is 13.1. The molecule has 1 saturated carbocycles. The lowest BCUT2D eigenvalue weighted by Gasteiger charge is -2.08. The fourth-order valence-electron chi connectivity index (χ4n) is 2.46. The van der Waals surface area contributed by atoms with Gasteiger partial charge in [0, 0.05) is 19.3 Å². The Hall–Kier alpha value is -1.79. The van der Waals surface area contributed by atoms with E-state index in [1.54, 1.807) is 7.05 Å². The molecule has 0 bridgehead atoms. The van der Waals surface area contributed by atoms with Crippen molar-refractivity contribution in [1.29, 1.82) is 0 Å². The van der Waals surface area contributed by atoms with Crippen LogP contribution in [-0.2, 0) is 19.8 Å². The molecule has 3 rings (SSSR count). The van der Waals surface area contributed by atoms with Crippen LogP contribution in [0.2, 0.25) is 0 Å². The van der Waals surface area contributed by atoms with Crippen LogP contribution in [0.1, 0.15) is 24.1 Å². The van der Waals surface area contributed by atoms with E-state index in [1.165, 1.54) is 16.3 Å². The van der Waals surface area contributed by atoms with E-state index in [-0.39, 0.29) is 16.7 Å². The maximum Gasteiger partial charge on any atom is 0.417 e. The highest BCUT2D eigenvalue weighted by atomic mass is 19.4. The summed E-state index contributed by atoms with van der Waals surface area (Å²) < 4.78 is 42.1. The van der Waals surface area contributed by atoms with Crippen molar-refractivity contribution in [3.8, 4) is 0 Å². The van der Waals surface area contributed by atoms with E-state index in [1.807, 2.05) is 0 Å². The first kappa shape index (κ1) is 13.2. The number of rotatable bonds is 2. The summed E-state index contributed by atoms with van der Waals surface area (Å²) in [5.74, 6) is 0.395. The van der Waals surface area contributed by atoms with E-state index >= 15 is 0 Å². The maximum atomic E-state index is 13.1. The molecule has 0 amide bonds. The summed E-state index contributed by atoms with van der Waals surface area (Å²) in [4.78, 5) is 16.4. The van der Waals surface area contributed by atoms with Crippen molar-refractivity contribution in [2.45, 2.75) is 32.5 Å². The Morgan fingerprint density at radius 1 is 1.40 bits per heavy atom. The number of hydrogen-bond acceptors (Lipinski definition) is 2. The predicted molar refractivity (Wildman–Crippen MR) is 67.4 cm³/mol. The Morgan fingerprint density at radius 3 is 2.60 bits per heavy atom. The fourth-order valence-corrected chi connectivity index (χ4v) is 2.46. The molecule has 108 valence electrons. The number of halogens is 3. The molecule has 4 nitrogen and oxygen atoms in total. The van der Waals surface area contributed by atoms with Gasteiger partial charge in [-0.05, 0) is 31.7 Å². The van der Waals surface area contributed by atoms with Crippen LogP contribution in [0.15, 0.2) is 10.9 Å². The van der Waals surface area contributed by atoms with Gasteiger partial charge in [-0.15, -0.1) is 0 Å². The Morgan fingerprint density at radius 2 is 2.05 bits per heavy atom. The molecule has 2 aromatic rings. The molecule has 0 atom stereocenters. The number of nitrogens with zero attached hydrogens (tertiary/aromatic N) is 3. The van der Waals surface area contributed by atoms with Crippen molar-refractivity contribution < 1.29 is 13.2 Å². The molecule has 0 radical (unpaired) electrons. The summed E-state index contributed by atoms with van der Waals surface area (Å²) in [5, 5.41) is -0.328. The van der Waals surface area contributed by atoms with E-state index in [2.05, 4.69) is 4.98 Å². The molecule has 1 aliphatic rings. The van der Waals surface area contributed by atoms with Gasteiger partial charge >= 0.3 is 6.18 Å². The number of aryl methyl sites for hydroxylation is 2. The first-order chi connectivity index (χ1) is 9.29. The third-order valence-electron chi connectivity index (χ3n) is 3.68. The number of alkyl halides is 3. The van der Waals surface area contributed by atoms with Crippen LogP contribution in [0.5, 0.6) is 0 Å². The molecule has 1 aliphatic carbocycles. The molecule has 2 heterocycles. The van der Waals surface area contributed by atoms with Gasteiger partial charge in [0.1, 0.15) is 0 Å². The van der Waals surface area contributed by atoms with Crippen LogP contribution in [0.25, 0.3) is 11.0 Å². The highest BCUT2D eigenvalue weighted by molar-refractivity contribution is 5.79. The number of hydrogen-bond donors (Lipinski definition) is 0. The summed E-state index contributed by atoms with van der Waals surface area (Å²) in [6, 6.07) is 0.936. The normalized spacial score (nSPS) is 16.1. The van der Waals surface area contributed by atoms with Gasteiger partial charge < -0.3 is 0 Å². The fraction of sp³-hybridized carbons (Fsp3) is 0.538. The Labute approximate surface area is 112 Å². The van der Waals surface area contributed by atoms with E-state index in [4.69, 9.17) is 0 Å². The lowest BCUT2D eigenvalue weighted by molar-refractivity contribution is -0.136. The zero-order chi connectivity index (χ0) is 14.7. The average molecular weight is 285 g/mol. The molecule has 0 aliphatic heterocycles. The lowest BCUT2D eigenvalue weighted by Crippen LogP contribution is -2.23. The molecule has 1 fully saturated rings. The van der Waals surface area contributed by atoms with Crippen molar-refractivity contribution in [3.63, 3.8) is 0 Å². The smallest absolute Gasteiger partial charge is 0.268 e. The predicted octanol–water partition coefficient (Wildman–Crippen LogP) is 2.47. The largest absolute Gasteiger partial charge is 0.417 e. The summed E-state index contributed by atoms with van der Waals surface area (Å²) in [6.45, 7) is 1.96. The second-order valence-electron chi connectivity index (χ2n) is 5.36. The minimum absolute atomic E-state index is 0.1000. The topological polar surface area (TPSA) is 39.8 Å². The second kappa shape index (κ2) is 4.10. The van der Waals surface area contributed by atoms with Crippen molar-refractivity contribution in [2.75, 3.05) is 0 Å². The van der Waals surface area contributed by atoms with Gasteiger partial charge in [0.15, 0.2) is 5.65 Å². The minimum Gasteiger partial charge on any atom is -0.268 e. The first-order valence-corrected chi connectivity index (χ1v) is 6.43. The molecule has 20 heavy (non-hydrogen) atoms. The third kappa shape index (κ3) is 2.01. The van der Waals surface area contributed by atoms with Gasteiger partial charge in [0.25, 0.3) is 5.56 Å². The molecule has 0 unspecified atom stereocenters. The Kier molecular flexibility index (Phi) is 2.71. The van der Waals surface area contributed by atoms with Crippen LogP contribution in [-0.4, -0.2) is 14.3 Å². The van der Waals surface area contributed by atoms with Gasteiger partial charge in [-0.1, -0.05) is 0 Å². The van der Waals surface area contributed by atoms with Gasteiger partial charge in [0.2, 0.25) is 0 Å². The molecule has 0 aromatic carbocycles. The summed E-state index contributed by atoms with van der Waals surface area (Å²) in [7, 11) is 1.58. The first-order valence-electron chi connectivity index (χ1n) is 6.43. The van der Waals surface area contributed by atoms with Crippen molar-refractivity contribution >= 4 is 11.0 Å². The van der Waals surface area contributed by atoms with Crippen molar-refractivity contribution in [2.24, 2.45) is 13.0 Å². The van der Waals surface area contributed by atoms with E-state index in [0.29, 0.717) is 12.5 Å². The quantitative estimate of drug-likeness (QED) is 0.850. The van der Waals surface area contributed by atoms with Gasteiger partial charge in [-0.25, -0.2) is 9.67 Å². The van der Waals surface area contributed by atoms with E-state index in [9.17, 15) is 18.0 Å². The molecule has 2 aromatic heterocycles. The minimum atomic E-state index is -4.55. The molecule has 0 N–H and O–H groups in total. The third-order valence-corrected chi connectivity index (χ3v) is 3.68. The van der Waals surface area contributed by atoms with Gasteiger partial charge in [0.05, 0.1) is 10.9 Å². The van der Waals surface area contributed by atoms with Crippen LogP contribution in [0, 0.1) is 12.8 Å². The summed E-state index contributed by atoms with van der Waals surface area (Å²) in [6.07, 6.45) is -2.51. The Balaban J connectivity index is 2.33. The molecular formula is C13H14F3N3O. The summed E-state index contributed by atoms with van der Waals surface area (Å²) in [5.41, 5.74) is -1.14. The highest BCUT2D eigenvalue weighted by Crippen LogP contribution is 2.34. The molecular weight excluding hydrogens is 271 g/mol. The van der Waals surface area contributed by atoms with Crippen molar-refractivity contribution in [3.05, 3.63) is 27.7 Å². The van der Waals surface area contributed by atoms with Gasteiger partial charge in [-0.2, -0.15) is 13.2 Å². The molecule has 0 saturated heterocycles. The zero-order valence-electron chi connectivity index (χ0n) is 11.2. The van der Waals surface area contributed by atoms with Crippen LogP contribution in [0.4, 0.5) is 13.2 Å². The Bertz CT molecular complexity index is 738. The lowest BCUT2D eigenvalue weighted by atomic mass is 10.1. The SMILES string of the molecule is Cc1cc(C(F)(F)F)c2c(=O)n(CC3CC3)n(C)c2n1. The van der Waals surface area contributed by atoms with E-state index < -0.39 is 17.3 Å².